The van der Waals surface area contributed by atoms with Crippen LogP contribution in [0.25, 0.3) is 0 Å². The Morgan fingerprint density at radius 1 is 0.500 bits per heavy atom. The molecule has 0 aromatic rings. The van der Waals surface area contributed by atoms with E-state index in [-0.39, 0.29) is 23.1 Å². The molecule has 0 rings (SSSR count). The molecule has 0 heterocycles. The smallest absolute Gasteiger partial charge is 0.00313 e. The summed E-state index contributed by atoms with van der Waals surface area (Å²) in [4.78, 5) is 0. The minimum Gasteiger partial charge on any atom is -0.344 e. The molecule has 0 atom stereocenters. The van der Waals surface area contributed by atoms with Crippen molar-refractivity contribution >= 4 is 32.9 Å². The third-order valence-corrected chi connectivity index (χ3v) is 4.30. The summed E-state index contributed by atoms with van der Waals surface area (Å²) in [6.07, 6.45) is 21.8. The van der Waals surface area contributed by atoms with Crippen LogP contribution in [0.15, 0.2) is 0 Å². The lowest BCUT2D eigenvalue weighted by Crippen LogP contribution is -1.83. The van der Waals surface area contributed by atoms with Gasteiger partial charge < -0.3 is 6.15 Å². The average molecular weight is 417 g/mol. The van der Waals surface area contributed by atoms with Crippen LogP contribution >= 0.6 is 32.9 Å². The van der Waals surface area contributed by atoms with E-state index in [0.717, 1.165) is 0 Å². The second-order valence-electron chi connectivity index (χ2n) is 5.64. The predicted octanol–water partition coefficient (Wildman–Crippen LogP) is 7.99. The molecule has 0 amide bonds. The number of unbranched alkanes of at least 4 members (excludes halogenated alkanes) is 14. The third-order valence-electron chi connectivity index (χ3n) is 3.74. The number of hydrogen-bond acceptors (Lipinski definition) is 1. The van der Waals surface area contributed by atoms with Crippen LogP contribution in [-0.4, -0.2) is 5.33 Å². The predicted molar refractivity (Wildman–Crippen MR) is 104 cm³/mol. The van der Waals surface area contributed by atoms with Crippen molar-refractivity contribution in [3.05, 3.63) is 0 Å². The molecule has 0 aliphatic rings. The summed E-state index contributed by atoms with van der Waals surface area (Å²) >= 11 is 3.49. The number of hydrogen-bond donors (Lipinski definition) is 1. The fourth-order valence-electron chi connectivity index (χ4n) is 2.47. The van der Waals surface area contributed by atoms with Crippen LogP contribution in [-0.2, 0) is 0 Å². The third kappa shape index (κ3) is 24.0. The van der Waals surface area contributed by atoms with E-state index in [1.807, 2.05) is 0 Å². The highest BCUT2D eigenvalue weighted by molar-refractivity contribution is 9.09. The topological polar surface area (TPSA) is 35.0 Å². The maximum Gasteiger partial charge on any atom is 0.00313 e. The number of rotatable bonds is 15. The largest absolute Gasteiger partial charge is 0.344 e. The maximum absolute atomic E-state index is 3.49. The van der Waals surface area contributed by atoms with E-state index in [1.54, 1.807) is 0 Å². The van der Waals surface area contributed by atoms with Gasteiger partial charge in [0.1, 0.15) is 0 Å². The second-order valence-corrected chi connectivity index (χ2v) is 6.43. The van der Waals surface area contributed by atoms with Gasteiger partial charge >= 0.3 is 0 Å². The molecule has 126 valence electrons. The minimum absolute atomic E-state index is 0. The van der Waals surface area contributed by atoms with E-state index in [4.69, 9.17) is 0 Å². The summed E-state index contributed by atoms with van der Waals surface area (Å²) in [5.74, 6) is 0. The van der Waals surface area contributed by atoms with Crippen molar-refractivity contribution in [1.82, 2.24) is 6.15 Å². The Hall–Kier alpha value is 0.920. The molecular formula is C17H39Br2N. The fraction of sp³-hybridized carbons (Fsp3) is 1.00. The van der Waals surface area contributed by atoms with Gasteiger partial charge in [-0.3, -0.25) is 0 Å². The van der Waals surface area contributed by atoms with Crippen molar-refractivity contribution in [3.63, 3.8) is 0 Å². The van der Waals surface area contributed by atoms with Gasteiger partial charge in [0.25, 0.3) is 0 Å². The Balaban J connectivity index is -0.00000144. The highest BCUT2D eigenvalue weighted by atomic mass is 79.9. The van der Waals surface area contributed by atoms with E-state index in [1.165, 1.54) is 102 Å². The zero-order valence-corrected chi connectivity index (χ0v) is 17.1. The molecule has 3 N–H and O–H groups in total. The van der Waals surface area contributed by atoms with Gasteiger partial charge in [-0.1, -0.05) is 113 Å². The molecule has 0 aliphatic heterocycles. The van der Waals surface area contributed by atoms with Crippen LogP contribution in [0.1, 0.15) is 103 Å². The lowest BCUT2D eigenvalue weighted by molar-refractivity contribution is 0.535. The van der Waals surface area contributed by atoms with E-state index in [2.05, 4.69) is 22.9 Å². The summed E-state index contributed by atoms with van der Waals surface area (Å²) < 4.78 is 0. The van der Waals surface area contributed by atoms with Gasteiger partial charge in [0.05, 0.1) is 0 Å². The van der Waals surface area contributed by atoms with Crippen LogP contribution in [0.4, 0.5) is 0 Å². The van der Waals surface area contributed by atoms with Gasteiger partial charge in [-0.15, -0.1) is 17.0 Å². The van der Waals surface area contributed by atoms with E-state index in [9.17, 15) is 0 Å². The van der Waals surface area contributed by atoms with E-state index < -0.39 is 0 Å². The fourth-order valence-corrected chi connectivity index (χ4v) is 2.86. The Morgan fingerprint density at radius 2 is 0.750 bits per heavy atom. The Labute approximate surface area is 147 Å². The molecule has 0 fully saturated rings. The molecule has 0 unspecified atom stereocenters. The summed E-state index contributed by atoms with van der Waals surface area (Å²) in [5.41, 5.74) is 0. The van der Waals surface area contributed by atoms with Gasteiger partial charge in [-0.2, -0.15) is 0 Å². The minimum atomic E-state index is 0. The van der Waals surface area contributed by atoms with Gasteiger partial charge in [-0.25, -0.2) is 0 Å². The normalized spacial score (nSPS) is 9.90. The highest BCUT2D eigenvalue weighted by Crippen LogP contribution is 2.13. The molecule has 0 radical (unpaired) electrons. The van der Waals surface area contributed by atoms with Crippen LogP contribution in [0.2, 0.25) is 0 Å². The standard InChI is InChI=1S/C17H35Br.BrH.H3N/c1-2-3-4-5-6-7-8-9-10-11-12-13-14-15-16-17-18;;/h2-17H2,1H3;1H;1H3. The summed E-state index contributed by atoms with van der Waals surface area (Å²) in [7, 11) is 0. The van der Waals surface area contributed by atoms with Crippen molar-refractivity contribution < 1.29 is 0 Å². The van der Waals surface area contributed by atoms with Crippen molar-refractivity contribution in [1.29, 1.82) is 0 Å². The molecule has 0 bridgehead atoms. The maximum atomic E-state index is 3.49. The Bertz CT molecular complexity index is 127. The van der Waals surface area contributed by atoms with Crippen molar-refractivity contribution in [2.75, 3.05) is 5.33 Å². The molecular weight excluding hydrogens is 378 g/mol. The van der Waals surface area contributed by atoms with Crippen molar-refractivity contribution in [2.24, 2.45) is 0 Å². The average Bonchev–Trinajstić information content (AvgIpc) is 2.39. The molecule has 0 saturated carbocycles. The summed E-state index contributed by atoms with van der Waals surface area (Å²) in [6, 6.07) is 0. The first-order valence-electron chi connectivity index (χ1n) is 8.47. The van der Waals surface area contributed by atoms with Crippen molar-refractivity contribution in [2.45, 2.75) is 103 Å². The molecule has 0 aliphatic carbocycles. The molecule has 20 heavy (non-hydrogen) atoms. The van der Waals surface area contributed by atoms with Gasteiger partial charge in [0, 0.05) is 5.33 Å². The zero-order chi connectivity index (χ0) is 13.3. The summed E-state index contributed by atoms with van der Waals surface area (Å²) in [5, 5.41) is 1.19. The van der Waals surface area contributed by atoms with Gasteiger partial charge in [0.15, 0.2) is 0 Å². The molecule has 0 aromatic carbocycles. The van der Waals surface area contributed by atoms with Crippen LogP contribution < -0.4 is 6.15 Å². The Kier molecular flexibility index (Phi) is 32.2. The SMILES string of the molecule is Br.CCCCCCCCCCCCCCCCCBr.N. The molecule has 3 heteroatoms. The van der Waals surface area contributed by atoms with Crippen LogP contribution in [0.5, 0.6) is 0 Å². The molecule has 0 aromatic heterocycles. The molecule has 0 spiro atoms. The molecule has 1 nitrogen and oxygen atoms in total. The highest BCUT2D eigenvalue weighted by Gasteiger charge is 1.93. The van der Waals surface area contributed by atoms with Gasteiger partial charge in [-0.05, 0) is 6.42 Å². The second kappa shape index (κ2) is 24.9. The first-order chi connectivity index (χ1) is 8.91. The lowest BCUT2D eigenvalue weighted by atomic mass is 10.0. The van der Waals surface area contributed by atoms with E-state index in [0.29, 0.717) is 0 Å². The Morgan fingerprint density at radius 3 is 1.00 bits per heavy atom. The first kappa shape index (κ1) is 25.9. The number of alkyl halides is 1. The lowest BCUT2D eigenvalue weighted by Gasteiger charge is -2.02. The van der Waals surface area contributed by atoms with E-state index >= 15 is 0 Å². The van der Waals surface area contributed by atoms with Crippen LogP contribution in [0, 0.1) is 0 Å². The summed E-state index contributed by atoms with van der Waals surface area (Å²) in [6.45, 7) is 2.29. The quantitative estimate of drug-likeness (QED) is 0.213. The van der Waals surface area contributed by atoms with Gasteiger partial charge in [0.2, 0.25) is 0 Å². The molecule has 0 saturated heterocycles. The van der Waals surface area contributed by atoms with Crippen molar-refractivity contribution in [3.8, 4) is 0 Å². The monoisotopic (exact) mass is 415 g/mol. The number of halogens is 2. The first-order valence-corrected chi connectivity index (χ1v) is 9.60. The van der Waals surface area contributed by atoms with Crippen LogP contribution in [0.3, 0.4) is 0 Å². The zero-order valence-electron chi connectivity index (χ0n) is 13.8.